The maximum atomic E-state index is 14.4. The van der Waals surface area contributed by atoms with Gasteiger partial charge in [0.2, 0.25) is 5.91 Å². The molecule has 2 aromatic carbocycles. The van der Waals surface area contributed by atoms with Crippen molar-refractivity contribution in [2.24, 2.45) is 5.92 Å². The van der Waals surface area contributed by atoms with Crippen molar-refractivity contribution in [1.29, 1.82) is 0 Å². The second kappa shape index (κ2) is 9.54. The average molecular weight is 408 g/mol. The molecule has 152 valence electrons. The summed E-state index contributed by atoms with van der Waals surface area (Å²) in [5, 5.41) is 2.69. The number of hydrogen-bond acceptors (Lipinski definition) is 4. The van der Waals surface area contributed by atoms with Gasteiger partial charge in [-0.1, -0.05) is 26.0 Å². The Morgan fingerprint density at radius 2 is 1.79 bits per heavy atom. The lowest BCUT2D eigenvalue weighted by Crippen LogP contribution is -2.41. The van der Waals surface area contributed by atoms with Crippen molar-refractivity contribution in [3.05, 3.63) is 54.3 Å². The topological polar surface area (TPSA) is 75.7 Å². The summed E-state index contributed by atoms with van der Waals surface area (Å²) in [6.07, 6.45) is 0.761. The smallest absolute Gasteiger partial charge is 0.264 e. The van der Waals surface area contributed by atoms with Crippen LogP contribution in [0.2, 0.25) is 0 Å². The van der Waals surface area contributed by atoms with Crippen LogP contribution in [0, 0.1) is 11.7 Å². The number of halogens is 1. The zero-order valence-electron chi connectivity index (χ0n) is 16.2. The predicted molar refractivity (Wildman–Crippen MR) is 106 cm³/mol. The van der Waals surface area contributed by atoms with E-state index in [9.17, 15) is 17.6 Å². The van der Waals surface area contributed by atoms with Crippen LogP contribution in [-0.4, -0.2) is 34.5 Å². The number of rotatable bonds is 9. The Balaban J connectivity index is 2.34. The van der Waals surface area contributed by atoms with Gasteiger partial charge in [0.25, 0.3) is 10.0 Å². The molecule has 0 saturated carbocycles. The third kappa shape index (κ3) is 5.45. The fourth-order valence-electron chi connectivity index (χ4n) is 2.52. The minimum absolute atomic E-state index is 0.0634. The standard InChI is InChI=1S/C20H25FN2O4S/c1-15(2)12-13-22-20(24)14-23(19-7-5-4-6-18(19)21)28(25,26)17-10-8-16(27-3)9-11-17/h4-11,15H,12-14H2,1-3H3,(H,22,24). The quantitative estimate of drug-likeness (QED) is 0.691. The number of carbonyl (C=O) groups excluding carboxylic acids is 1. The van der Waals surface area contributed by atoms with E-state index in [2.05, 4.69) is 5.32 Å². The minimum Gasteiger partial charge on any atom is -0.497 e. The van der Waals surface area contributed by atoms with Gasteiger partial charge in [-0.15, -0.1) is 0 Å². The van der Waals surface area contributed by atoms with Crippen LogP contribution in [0.4, 0.5) is 10.1 Å². The van der Waals surface area contributed by atoms with Crippen LogP contribution in [0.3, 0.4) is 0 Å². The van der Waals surface area contributed by atoms with Crippen LogP contribution >= 0.6 is 0 Å². The van der Waals surface area contributed by atoms with Gasteiger partial charge in [0, 0.05) is 6.54 Å². The molecular weight excluding hydrogens is 383 g/mol. The first-order chi connectivity index (χ1) is 13.3. The first-order valence-electron chi connectivity index (χ1n) is 8.93. The second-order valence-electron chi connectivity index (χ2n) is 6.67. The van der Waals surface area contributed by atoms with Gasteiger partial charge in [-0.3, -0.25) is 9.10 Å². The van der Waals surface area contributed by atoms with Crippen molar-refractivity contribution in [3.8, 4) is 5.75 Å². The molecule has 0 aliphatic rings. The summed E-state index contributed by atoms with van der Waals surface area (Å²) in [6.45, 7) is 3.94. The van der Waals surface area contributed by atoms with E-state index in [4.69, 9.17) is 4.74 Å². The Morgan fingerprint density at radius 1 is 1.14 bits per heavy atom. The Morgan fingerprint density at radius 3 is 2.36 bits per heavy atom. The summed E-state index contributed by atoms with van der Waals surface area (Å²) >= 11 is 0. The number of hydrogen-bond donors (Lipinski definition) is 1. The fraction of sp³-hybridized carbons (Fsp3) is 0.350. The van der Waals surface area contributed by atoms with E-state index in [1.54, 1.807) is 0 Å². The monoisotopic (exact) mass is 408 g/mol. The Kier molecular flexibility index (Phi) is 7.39. The largest absolute Gasteiger partial charge is 0.497 e. The predicted octanol–water partition coefficient (Wildman–Crippen LogP) is 3.19. The number of para-hydroxylation sites is 1. The molecule has 0 spiro atoms. The number of ether oxygens (including phenoxy) is 1. The number of carbonyl (C=O) groups is 1. The molecule has 8 heteroatoms. The lowest BCUT2D eigenvalue weighted by Gasteiger charge is -2.24. The zero-order valence-corrected chi connectivity index (χ0v) is 17.0. The summed E-state index contributed by atoms with van der Waals surface area (Å²) in [4.78, 5) is 12.3. The third-order valence-corrected chi connectivity index (χ3v) is 5.87. The molecule has 0 bridgehead atoms. The van der Waals surface area contributed by atoms with Gasteiger partial charge in [-0.2, -0.15) is 0 Å². The molecule has 2 aromatic rings. The molecular formula is C20H25FN2O4S. The highest BCUT2D eigenvalue weighted by Gasteiger charge is 2.29. The lowest BCUT2D eigenvalue weighted by atomic mass is 10.1. The summed E-state index contributed by atoms with van der Waals surface area (Å²) in [5.41, 5.74) is -0.183. The molecule has 0 fully saturated rings. The molecule has 0 aliphatic carbocycles. The highest BCUT2D eigenvalue weighted by Crippen LogP contribution is 2.27. The Labute approximate surface area is 165 Å². The van der Waals surface area contributed by atoms with Crippen LogP contribution in [0.5, 0.6) is 5.75 Å². The highest BCUT2D eigenvalue weighted by molar-refractivity contribution is 7.92. The van der Waals surface area contributed by atoms with Crippen LogP contribution in [0.1, 0.15) is 20.3 Å². The van der Waals surface area contributed by atoms with E-state index in [-0.39, 0.29) is 10.6 Å². The second-order valence-corrected chi connectivity index (χ2v) is 8.53. The van der Waals surface area contributed by atoms with Crippen molar-refractivity contribution >= 4 is 21.6 Å². The number of amides is 1. The fourth-order valence-corrected chi connectivity index (χ4v) is 3.94. The van der Waals surface area contributed by atoms with E-state index in [1.807, 2.05) is 13.8 Å². The summed E-state index contributed by atoms with van der Waals surface area (Å²) in [7, 11) is -2.69. The van der Waals surface area contributed by atoms with Gasteiger partial charge < -0.3 is 10.1 Å². The minimum atomic E-state index is -4.16. The highest BCUT2D eigenvalue weighted by atomic mass is 32.2. The maximum absolute atomic E-state index is 14.4. The maximum Gasteiger partial charge on any atom is 0.264 e. The van der Waals surface area contributed by atoms with E-state index in [0.717, 1.165) is 16.8 Å². The van der Waals surface area contributed by atoms with Crippen LogP contribution < -0.4 is 14.4 Å². The SMILES string of the molecule is COc1ccc(S(=O)(=O)N(CC(=O)NCCC(C)C)c2ccccc2F)cc1. The number of methoxy groups -OCH3 is 1. The molecule has 0 aliphatic heterocycles. The molecule has 0 radical (unpaired) electrons. The van der Waals surface area contributed by atoms with Crippen molar-refractivity contribution in [1.82, 2.24) is 5.32 Å². The van der Waals surface area contributed by atoms with Crippen LogP contribution in [0.15, 0.2) is 53.4 Å². The molecule has 0 unspecified atom stereocenters. The first kappa shape index (κ1) is 21.7. The molecule has 28 heavy (non-hydrogen) atoms. The van der Waals surface area contributed by atoms with Crippen molar-refractivity contribution < 1.29 is 22.3 Å². The first-order valence-corrected chi connectivity index (χ1v) is 10.4. The molecule has 1 N–H and O–H groups in total. The Bertz CT molecular complexity index is 899. The van der Waals surface area contributed by atoms with E-state index < -0.39 is 28.3 Å². The number of sulfonamides is 1. The number of anilines is 1. The van der Waals surface area contributed by atoms with E-state index >= 15 is 0 Å². The molecule has 1 amide bonds. The van der Waals surface area contributed by atoms with E-state index in [0.29, 0.717) is 18.2 Å². The zero-order chi connectivity index (χ0) is 20.7. The van der Waals surface area contributed by atoms with Crippen molar-refractivity contribution in [2.45, 2.75) is 25.2 Å². The molecule has 0 atom stereocenters. The van der Waals surface area contributed by atoms with Gasteiger partial charge in [0.05, 0.1) is 17.7 Å². The van der Waals surface area contributed by atoms with Crippen molar-refractivity contribution in [2.75, 3.05) is 24.5 Å². The normalized spacial score (nSPS) is 11.3. The lowest BCUT2D eigenvalue weighted by molar-refractivity contribution is -0.119. The summed E-state index contributed by atoms with van der Waals surface area (Å²) in [5.74, 6) is -0.343. The number of benzene rings is 2. The van der Waals surface area contributed by atoms with Crippen LogP contribution in [0.25, 0.3) is 0 Å². The molecule has 6 nitrogen and oxygen atoms in total. The molecule has 0 heterocycles. The molecule has 2 rings (SSSR count). The number of nitrogens with zero attached hydrogens (tertiary/aromatic N) is 1. The Hall–Kier alpha value is -2.61. The number of nitrogens with one attached hydrogen (secondary N) is 1. The average Bonchev–Trinajstić information content (AvgIpc) is 2.66. The van der Waals surface area contributed by atoms with Gasteiger partial charge >= 0.3 is 0 Å². The molecule has 0 saturated heterocycles. The van der Waals surface area contributed by atoms with Crippen LogP contribution in [-0.2, 0) is 14.8 Å². The van der Waals surface area contributed by atoms with Gasteiger partial charge in [-0.05, 0) is 48.7 Å². The van der Waals surface area contributed by atoms with Gasteiger partial charge in [0.15, 0.2) is 0 Å². The van der Waals surface area contributed by atoms with Crippen molar-refractivity contribution in [3.63, 3.8) is 0 Å². The third-order valence-electron chi connectivity index (χ3n) is 4.10. The van der Waals surface area contributed by atoms with Gasteiger partial charge in [0.1, 0.15) is 18.1 Å². The molecule has 0 aromatic heterocycles. The summed E-state index contributed by atoms with van der Waals surface area (Å²) < 4.78 is 46.5. The van der Waals surface area contributed by atoms with Gasteiger partial charge in [-0.25, -0.2) is 12.8 Å². The van der Waals surface area contributed by atoms with E-state index in [1.165, 1.54) is 49.6 Å². The summed E-state index contributed by atoms with van der Waals surface area (Å²) in [6, 6.07) is 11.2.